The fourth-order valence-corrected chi connectivity index (χ4v) is 6.42. The Morgan fingerprint density at radius 2 is 1.75 bits per heavy atom. The molecule has 1 atom stereocenters. The lowest BCUT2D eigenvalue weighted by Crippen LogP contribution is -2.44. The quantitative estimate of drug-likeness (QED) is 0.160. The summed E-state index contributed by atoms with van der Waals surface area (Å²) in [5, 5.41) is 13.4. The van der Waals surface area contributed by atoms with Crippen molar-refractivity contribution >= 4 is 56.8 Å². The van der Waals surface area contributed by atoms with Crippen LogP contribution in [0.25, 0.3) is 12.2 Å². The third-order valence-electron chi connectivity index (χ3n) is 6.54. The maximum atomic E-state index is 12.9. The molecular weight excluding hydrogens is 620 g/mol. The number of carboxylic acids is 1. The average molecular weight is 653 g/mol. The zero-order chi connectivity index (χ0) is 31.9. The lowest BCUT2D eigenvalue weighted by Gasteiger charge is -2.17. The first-order chi connectivity index (χ1) is 20.8. The molecule has 44 heavy (non-hydrogen) atoms. The van der Waals surface area contributed by atoms with E-state index in [1.807, 2.05) is 24.4 Å². The zero-order valence-corrected chi connectivity index (χ0v) is 26.9. The van der Waals surface area contributed by atoms with Crippen LogP contribution < -0.4 is 10.1 Å². The van der Waals surface area contributed by atoms with Crippen LogP contribution in [0.2, 0.25) is 5.02 Å². The van der Waals surface area contributed by atoms with E-state index >= 15 is 0 Å². The molecular formula is C33H33ClN2O6S2. The highest BCUT2D eigenvalue weighted by Gasteiger charge is 2.23. The third kappa shape index (κ3) is 9.25. The summed E-state index contributed by atoms with van der Waals surface area (Å²) in [7, 11) is -3.43. The van der Waals surface area contributed by atoms with Gasteiger partial charge in [0.25, 0.3) is 12.1 Å². The van der Waals surface area contributed by atoms with E-state index in [9.17, 15) is 23.1 Å². The van der Waals surface area contributed by atoms with Crippen LogP contribution in [-0.2, 0) is 26.5 Å². The Hall–Kier alpha value is -3.99. The zero-order valence-electron chi connectivity index (χ0n) is 24.5. The van der Waals surface area contributed by atoms with Crippen molar-refractivity contribution in [1.82, 2.24) is 10.3 Å². The number of sulfone groups is 1. The van der Waals surface area contributed by atoms with E-state index in [4.69, 9.17) is 16.3 Å². The van der Waals surface area contributed by atoms with Crippen molar-refractivity contribution in [2.45, 2.75) is 50.2 Å². The van der Waals surface area contributed by atoms with E-state index in [0.717, 1.165) is 16.1 Å². The van der Waals surface area contributed by atoms with Crippen molar-refractivity contribution in [2.75, 3.05) is 5.75 Å². The molecule has 1 unspecified atom stereocenters. The summed E-state index contributed by atoms with van der Waals surface area (Å²) >= 11 is 7.44. The van der Waals surface area contributed by atoms with Crippen LogP contribution in [0, 0.1) is 0 Å². The maximum Gasteiger partial charge on any atom is 0.366 e. The van der Waals surface area contributed by atoms with E-state index < -0.39 is 27.9 Å². The molecule has 0 saturated heterocycles. The molecule has 0 radical (unpaired) electrons. The molecule has 0 aliphatic rings. The van der Waals surface area contributed by atoms with Gasteiger partial charge in [-0.05, 0) is 84.0 Å². The lowest BCUT2D eigenvalue weighted by molar-refractivity contribution is -0.146. The monoisotopic (exact) mass is 652 g/mol. The Labute approximate surface area is 266 Å². The molecule has 4 aromatic rings. The molecule has 3 aromatic carbocycles. The van der Waals surface area contributed by atoms with Crippen LogP contribution in [0.5, 0.6) is 5.75 Å². The Morgan fingerprint density at radius 3 is 2.39 bits per heavy atom. The molecule has 0 aliphatic carbocycles. The normalized spacial score (nSPS) is 12.6. The highest BCUT2D eigenvalue weighted by Crippen LogP contribution is 2.28. The van der Waals surface area contributed by atoms with Crippen LogP contribution in [0.4, 0.5) is 0 Å². The molecule has 0 bridgehead atoms. The molecule has 1 aromatic heterocycles. The summed E-state index contributed by atoms with van der Waals surface area (Å²) in [6.07, 6.45) is 4.87. The van der Waals surface area contributed by atoms with Crippen LogP contribution in [0.3, 0.4) is 0 Å². The molecule has 2 N–H and O–H groups in total. The molecule has 0 spiro atoms. The number of nitrogens with one attached hydrogen (secondary N) is 1. The van der Waals surface area contributed by atoms with Crippen LogP contribution in [0.1, 0.15) is 58.6 Å². The van der Waals surface area contributed by atoms with Gasteiger partial charge in [-0.1, -0.05) is 62.7 Å². The summed E-state index contributed by atoms with van der Waals surface area (Å²) in [5.74, 6) is -1.75. The minimum absolute atomic E-state index is 0.0108. The van der Waals surface area contributed by atoms with Gasteiger partial charge in [0.2, 0.25) is 0 Å². The number of aryl methyl sites for hydroxylation is 1. The van der Waals surface area contributed by atoms with Crippen molar-refractivity contribution in [1.29, 1.82) is 0 Å². The number of hydrogen-bond acceptors (Lipinski definition) is 7. The molecule has 1 amide bonds. The second-order valence-electron chi connectivity index (χ2n) is 11.1. The largest absolute Gasteiger partial charge is 0.477 e. The molecule has 8 nitrogen and oxygen atoms in total. The van der Waals surface area contributed by atoms with Gasteiger partial charge in [0.05, 0.1) is 10.6 Å². The van der Waals surface area contributed by atoms with Gasteiger partial charge in [0.15, 0.2) is 9.84 Å². The molecule has 11 heteroatoms. The molecule has 0 fully saturated rings. The first-order valence-corrected chi connectivity index (χ1v) is 16.7. The average Bonchev–Trinajstić information content (AvgIpc) is 3.47. The van der Waals surface area contributed by atoms with Gasteiger partial charge in [-0.25, -0.2) is 18.2 Å². The molecule has 1 heterocycles. The van der Waals surface area contributed by atoms with E-state index in [2.05, 4.69) is 31.1 Å². The first kappa shape index (κ1) is 32.9. The number of aromatic nitrogens is 1. The second-order valence-corrected chi connectivity index (χ2v) is 14.7. The summed E-state index contributed by atoms with van der Waals surface area (Å²) < 4.78 is 30.6. The Bertz CT molecular complexity index is 1740. The first-order valence-electron chi connectivity index (χ1n) is 13.8. The minimum Gasteiger partial charge on any atom is -0.477 e. The number of thiazole rings is 1. The number of carboxylic acid groups (broad SMARTS) is 1. The van der Waals surface area contributed by atoms with Crippen LogP contribution >= 0.6 is 22.9 Å². The number of hydrogen-bond donors (Lipinski definition) is 2. The highest BCUT2D eigenvalue weighted by molar-refractivity contribution is 7.91. The topological polar surface area (TPSA) is 123 Å². The van der Waals surface area contributed by atoms with Gasteiger partial charge in [-0.15, -0.1) is 11.3 Å². The van der Waals surface area contributed by atoms with E-state index in [0.29, 0.717) is 17.9 Å². The van der Waals surface area contributed by atoms with Crippen molar-refractivity contribution in [2.24, 2.45) is 0 Å². The number of nitrogens with zero attached hydrogens (tertiary/aromatic N) is 1. The van der Waals surface area contributed by atoms with Crippen molar-refractivity contribution in [3.63, 3.8) is 0 Å². The van der Waals surface area contributed by atoms with Crippen molar-refractivity contribution in [3.8, 4) is 5.75 Å². The Morgan fingerprint density at radius 1 is 1.05 bits per heavy atom. The minimum atomic E-state index is -3.43. The van der Waals surface area contributed by atoms with Crippen molar-refractivity contribution < 1.29 is 27.9 Å². The summed E-state index contributed by atoms with van der Waals surface area (Å²) in [6, 6.07) is 19.5. The predicted molar refractivity (Wildman–Crippen MR) is 174 cm³/mol. The standard InChI is InChI=1S/C33H33ClN2O6S2/c1-33(2,3)28-21-35-29(43-28)18-11-23-6-4-8-24(20-23)30(37)36-31(32(38)39)42-26-14-9-22(10-15-26)7-5-19-44(40,41)27-16-12-25(34)13-17-27/h4,6,8-18,20-21,31H,5,7,19H2,1-3H3,(H,36,37)(H,38,39). The maximum absolute atomic E-state index is 12.9. The SMILES string of the molecule is CC(C)(C)c1cnc(C=Cc2cccc(C(=O)NC(Oc3ccc(CCCS(=O)(=O)c4ccc(Cl)cc4)cc3)C(=O)O)c2)s1. The fourth-order valence-electron chi connectivity index (χ4n) is 4.10. The van der Waals surface area contributed by atoms with E-state index in [1.165, 1.54) is 17.0 Å². The number of rotatable bonds is 12. The molecule has 230 valence electrons. The van der Waals surface area contributed by atoms with Gasteiger partial charge < -0.3 is 15.2 Å². The Kier molecular flexibility index (Phi) is 10.6. The van der Waals surface area contributed by atoms with E-state index in [1.54, 1.807) is 65.9 Å². The fraction of sp³-hybridized carbons (Fsp3) is 0.242. The number of benzene rings is 3. The van der Waals surface area contributed by atoms with Gasteiger partial charge >= 0.3 is 5.97 Å². The van der Waals surface area contributed by atoms with Gasteiger partial charge in [0.1, 0.15) is 10.8 Å². The van der Waals surface area contributed by atoms with Crippen molar-refractivity contribution in [3.05, 3.63) is 111 Å². The van der Waals surface area contributed by atoms with Gasteiger partial charge in [-0.3, -0.25) is 4.79 Å². The Balaban J connectivity index is 1.33. The van der Waals surface area contributed by atoms with Gasteiger partial charge in [-0.2, -0.15) is 0 Å². The number of carbonyl (C=O) groups is 2. The van der Waals surface area contributed by atoms with Gasteiger partial charge in [0, 0.05) is 21.7 Å². The predicted octanol–water partition coefficient (Wildman–Crippen LogP) is 6.89. The molecule has 0 aliphatic heterocycles. The number of ether oxygens (including phenoxy) is 1. The second kappa shape index (κ2) is 14.2. The summed E-state index contributed by atoms with van der Waals surface area (Å²) in [6.45, 7) is 6.38. The molecule has 4 rings (SSSR count). The molecule has 0 saturated carbocycles. The lowest BCUT2D eigenvalue weighted by atomic mass is 9.96. The summed E-state index contributed by atoms with van der Waals surface area (Å²) in [4.78, 5) is 30.6. The van der Waals surface area contributed by atoms with Crippen LogP contribution in [0.15, 0.2) is 83.9 Å². The number of aliphatic carboxylic acids is 1. The number of carbonyl (C=O) groups excluding carboxylic acids is 1. The van der Waals surface area contributed by atoms with E-state index in [-0.39, 0.29) is 27.4 Å². The van der Waals surface area contributed by atoms with Crippen LogP contribution in [-0.4, -0.2) is 42.4 Å². The number of amides is 1. The highest BCUT2D eigenvalue weighted by atomic mass is 35.5. The third-order valence-corrected chi connectivity index (χ3v) is 10.0. The summed E-state index contributed by atoms with van der Waals surface area (Å²) in [5.41, 5.74) is 1.91. The smallest absolute Gasteiger partial charge is 0.366 e. The number of halogens is 1.